The van der Waals surface area contributed by atoms with Crippen molar-refractivity contribution in [3.05, 3.63) is 0 Å². The Kier molecular flexibility index (Phi) is 7.73. The van der Waals surface area contributed by atoms with Gasteiger partial charge in [-0.2, -0.15) is 0 Å². The van der Waals surface area contributed by atoms with Gasteiger partial charge in [0.05, 0.1) is 12.6 Å². The van der Waals surface area contributed by atoms with Crippen molar-refractivity contribution in [2.45, 2.75) is 58.8 Å². The summed E-state index contributed by atoms with van der Waals surface area (Å²) in [5, 5.41) is 14.7. The van der Waals surface area contributed by atoms with Gasteiger partial charge in [-0.15, -0.1) is 0 Å². The monoisotopic (exact) mass is 306 g/mol. The summed E-state index contributed by atoms with van der Waals surface area (Å²) in [7, 11) is -0.976. The molecule has 0 spiro atoms. The van der Waals surface area contributed by atoms with Crippen molar-refractivity contribution in [2.24, 2.45) is 5.41 Å². The van der Waals surface area contributed by atoms with Crippen LogP contribution in [0.2, 0.25) is 0 Å². The fourth-order valence-electron chi connectivity index (χ4n) is 1.70. The summed E-state index contributed by atoms with van der Waals surface area (Å²) in [4.78, 5) is 11.7. The zero-order valence-electron chi connectivity index (χ0n) is 13.6. The van der Waals surface area contributed by atoms with Crippen LogP contribution in [0.15, 0.2) is 0 Å². The molecule has 2 amide bonds. The Morgan fingerprint density at radius 3 is 2.15 bits per heavy atom. The highest BCUT2D eigenvalue weighted by Gasteiger charge is 2.21. The number of carbonyl (C=O) groups excluding carboxylic acids is 1. The molecule has 6 heteroatoms. The summed E-state index contributed by atoms with van der Waals surface area (Å²) < 4.78 is 11.5. The van der Waals surface area contributed by atoms with E-state index < -0.39 is 10.8 Å². The maximum absolute atomic E-state index is 11.8. The predicted octanol–water partition coefficient (Wildman–Crippen LogP) is 1.63. The molecule has 5 nitrogen and oxygen atoms in total. The van der Waals surface area contributed by atoms with Gasteiger partial charge in [0.1, 0.15) is 0 Å². The molecule has 0 rings (SSSR count). The first-order valence-corrected chi connectivity index (χ1v) is 8.31. The number of hydrogen-bond acceptors (Lipinski definition) is 3. The molecule has 0 radical (unpaired) electrons. The van der Waals surface area contributed by atoms with Gasteiger partial charge in [-0.1, -0.05) is 20.8 Å². The summed E-state index contributed by atoms with van der Waals surface area (Å²) in [6.45, 7) is 12.2. The molecular formula is C14H30N2O3S. The lowest BCUT2D eigenvalue weighted by molar-refractivity contribution is 0.191. The molecule has 0 aliphatic carbocycles. The quantitative estimate of drug-likeness (QED) is 0.698. The molecule has 0 heterocycles. The first kappa shape index (κ1) is 19.4. The van der Waals surface area contributed by atoms with E-state index in [2.05, 4.69) is 31.4 Å². The summed E-state index contributed by atoms with van der Waals surface area (Å²) in [5.41, 5.74) is 0.0361. The van der Waals surface area contributed by atoms with E-state index in [0.29, 0.717) is 18.7 Å². The van der Waals surface area contributed by atoms with Gasteiger partial charge in [0, 0.05) is 27.8 Å². The van der Waals surface area contributed by atoms with Crippen LogP contribution in [0.25, 0.3) is 0 Å². The van der Waals surface area contributed by atoms with Crippen LogP contribution in [0, 0.1) is 5.41 Å². The lowest BCUT2D eigenvalue weighted by Crippen LogP contribution is -2.46. The van der Waals surface area contributed by atoms with Crippen LogP contribution in [0.4, 0.5) is 4.79 Å². The second-order valence-corrected chi connectivity index (χ2v) is 9.53. The summed E-state index contributed by atoms with van der Waals surface area (Å²) in [6, 6.07) is -0.581. The third-order valence-corrected chi connectivity index (χ3v) is 4.61. The van der Waals surface area contributed by atoms with Crippen LogP contribution in [-0.2, 0) is 10.8 Å². The van der Waals surface area contributed by atoms with Gasteiger partial charge < -0.3 is 15.7 Å². The second kappa shape index (κ2) is 7.98. The molecule has 0 bridgehead atoms. The molecule has 2 atom stereocenters. The van der Waals surface area contributed by atoms with Crippen molar-refractivity contribution < 1.29 is 14.1 Å². The van der Waals surface area contributed by atoms with Crippen LogP contribution >= 0.6 is 0 Å². The SMILES string of the molecule is CC(C)(C)CC(CO)NC(=O)NCCS(=O)C(C)(C)C. The van der Waals surface area contributed by atoms with Crippen LogP contribution in [0.5, 0.6) is 0 Å². The van der Waals surface area contributed by atoms with Gasteiger partial charge in [-0.05, 0) is 32.6 Å². The standard InChI is InChI=1S/C14H30N2O3S/c1-13(2,3)9-11(10-17)16-12(18)15-7-8-20(19)14(4,5)6/h11,17H,7-10H2,1-6H3,(H2,15,16,18). The van der Waals surface area contributed by atoms with E-state index in [0.717, 1.165) is 0 Å². The molecule has 0 aliphatic heterocycles. The maximum Gasteiger partial charge on any atom is 0.315 e. The highest BCUT2D eigenvalue weighted by molar-refractivity contribution is 7.86. The predicted molar refractivity (Wildman–Crippen MR) is 84.2 cm³/mol. The number of urea groups is 1. The van der Waals surface area contributed by atoms with Gasteiger partial charge in [-0.3, -0.25) is 4.21 Å². The molecule has 0 fully saturated rings. The number of hydrogen-bond donors (Lipinski definition) is 3. The van der Waals surface area contributed by atoms with Crippen molar-refractivity contribution in [3.8, 4) is 0 Å². The van der Waals surface area contributed by atoms with E-state index in [4.69, 9.17) is 0 Å². The minimum Gasteiger partial charge on any atom is -0.394 e. The Morgan fingerprint density at radius 1 is 1.20 bits per heavy atom. The Morgan fingerprint density at radius 2 is 1.75 bits per heavy atom. The first-order valence-electron chi connectivity index (χ1n) is 6.99. The molecule has 120 valence electrons. The fraction of sp³-hybridized carbons (Fsp3) is 0.929. The third kappa shape index (κ3) is 9.31. The Labute approximate surface area is 125 Å². The first-order chi connectivity index (χ1) is 8.95. The average molecular weight is 306 g/mol. The molecule has 3 N–H and O–H groups in total. The Bertz CT molecular complexity index is 332. The van der Waals surface area contributed by atoms with Crippen molar-refractivity contribution in [1.29, 1.82) is 0 Å². The van der Waals surface area contributed by atoms with Gasteiger partial charge in [0.15, 0.2) is 0 Å². The van der Waals surface area contributed by atoms with Crippen molar-refractivity contribution in [1.82, 2.24) is 10.6 Å². The van der Waals surface area contributed by atoms with Crippen LogP contribution in [0.3, 0.4) is 0 Å². The van der Waals surface area contributed by atoms with Crippen molar-refractivity contribution in [3.63, 3.8) is 0 Å². The van der Waals surface area contributed by atoms with E-state index >= 15 is 0 Å². The number of aliphatic hydroxyl groups is 1. The van der Waals surface area contributed by atoms with E-state index in [1.165, 1.54) is 0 Å². The molecule has 2 unspecified atom stereocenters. The lowest BCUT2D eigenvalue weighted by atomic mass is 9.88. The van der Waals surface area contributed by atoms with Gasteiger partial charge in [0.25, 0.3) is 0 Å². The van der Waals surface area contributed by atoms with Crippen molar-refractivity contribution >= 4 is 16.8 Å². The molecule has 0 aromatic heterocycles. The molecule has 20 heavy (non-hydrogen) atoms. The average Bonchev–Trinajstić information content (AvgIpc) is 2.24. The molecule has 0 aromatic carbocycles. The van der Waals surface area contributed by atoms with Crippen molar-refractivity contribution in [2.75, 3.05) is 18.9 Å². The topological polar surface area (TPSA) is 78.4 Å². The van der Waals surface area contributed by atoms with Crippen LogP contribution < -0.4 is 10.6 Å². The van der Waals surface area contributed by atoms with Gasteiger partial charge in [0.2, 0.25) is 0 Å². The number of aliphatic hydroxyl groups excluding tert-OH is 1. The normalized spacial score (nSPS) is 15.6. The van der Waals surface area contributed by atoms with E-state index in [1.807, 2.05) is 20.8 Å². The number of rotatable bonds is 6. The van der Waals surface area contributed by atoms with Crippen LogP contribution in [-0.4, -0.2) is 45.0 Å². The van der Waals surface area contributed by atoms with Gasteiger partial charge >= 0.3 is 6.03 Å². The summed E-state index contributed by atoms with van der Waals surface area (Å²) >= 11 is 0. The van der Waals surface area contributed by atoms with Crippen LogP contribution in [0.1, 0.15) is 48.0 Å². The Hall–Kier alpha value is -0.620. The maximum atomic E-state index is 11.8. The molecule has 0 aromatic rings. The molecular weight excluding hydrogens is 276 g/mol. The Balaban J connectivity index is 4.07. The van der Waals surface area contributed by atoms with Gasteiger partial charge in [-0.25, -0.2) is 4.79 Å². The summed E-state index contributed by atoms with van der Waals surface area (Å²) in [6.07, 6.45) is 0.699. The second-order valence-electron chi connectivity index (χ2n) is 7.21. The van der Waals surface area contributed by atoms with E-state index in [-0.39, 0.29) is 28.8 Å². The highest BCUT2D eigenvalue weighted by Crippen LogP contribution is 2.20. The molecule has 0 saturated carbocycles. The minimum absolute atomic E-state index is 0.0361. The number of nitrogens with one attached hydrogen (secondary N) is 2. The fourth-order valence-corrected chi connectivity index (χ4v) is 2.60. The smallest absolute Gasteiger partial charge is 0.315 e. The number of amides is 2. The zero-order chi connectivity index (χ0) is 16.0. The van der Waals surface area contributed by atoms with E-state index in [1.54, 1.807) is 0 Å². The largest absolute Gasteiger partial charge is 0.394 e. The zero-order valence-corrected chi connectivity index (χ0v) is 14.4. The summed E-state index contributed by atoms with van der Waals surface area (Å²) in [5.74, 6) is 0.431. The lowest BCUT2D eigenvalue weighted by Gasteiger charge is -2.25. The van der Waals surface area contributed by atoms with E-state index in [9.17, 15) is 14.1 Å². The number of carbonyl (C=O) groups is 1. The molecule has 0 saturated heterocycles. The highest BCUT2D eigenvalue weighted by atomic mass is 32.2. The minimum atomic E-state index is -0.976. The third-order valence-electron chi connectivity index (χ3n) is 2.67. The molecule has 0 aliphatic rings.